The predicted molar refractivity (Wildman–Crippen MR) is 80.0 cm³/mol. The Morgan fingerprint density at radius 3 is 2.33 bits per heavy atom. The Hall–Kier alpha value is -0.950. The maximum Gasteiger partial charge on any atom is 0.218 e. The van der Waals surface area contributed by atoms with E-state index in [0.717, 1.165) is 12.8 Å². The summed E-state index contributed by atoms with van der Waals surface area (Å²) in [6.07, 6.45) is 1.75. The van der Waals surface area contributed by atoms with Gasteiger partial charge in [0.15, 0.2) is 0 Å². The van der Waals surface area contributed by atoms with Crippen molar-refractivity contribution in [3.8, 4) is 5.88 Å². The number of ether oxygens (including phenoxy) is 4. The number of hydrogen-bond donors (Lipinski definition) is 0. The summed E-state index contributed by atoms with van der Waals surface area (Å²) in [5, 5.41) is 0.399. The zero-order valence-electron chi connectivity index (χ0n) is 12.6. The summed E-state index contributed by atoms with van der Waals surface area (Å²) < 4.78 is 21.0. The van der Waals surface area contributed by atoms with Crippen LogP contribution in [-0.2, 0) is 20.6 Å². The highest BCUT2D eigenvalue weighted by Gasteiger charge is 2.03. The average Bonchev–Trinajstić information content (AvgIpc) is 2.45. The molecular weight excluding hydrogens is 296 g/mol. The van der Waals surface area contributed by atoms with Crippen LogP contribution in [0, 0.1) is 0 Å². The Balaban J connectivity index is 2.12. The van der Waals surface area contributed by atoms with Gasteiger partial charge in [-0.25, -0.2) is 4.98 Å². The van der Waals surface area contributed by atoms with Gasteiger partial charge >= 0.3 is 0 Å². The number of nitrogens with zero attached hydrogens (tertiary/aromatic N) is 2. The van der Waals surface area contributed by atoms with Crippen LogP contribution < -0.4 is 4.74 Å². The molecule has 0 N–H and O–H groups in total. The number of hydrogen-bond acceptors (Lipinski definition) is 6. The molecule has 0 unspecified atom stereocenters. The predicted octanol–water partition coefficient (Wildman–Crippen LogP) is 2.14. The molecule has 120 valence electrons. The second-order valence-electron chi connectivity index (χ2n) is 4.26. The molecule has 0 radical (unpaired) electrons. The van der Waals surface area contributed by atoms with Gasteiger partial charge in [0.05, 0.1) is 33.0 Å². The number of aromatic nitrogens is 2. The van der Waals surface area contributed by atoms with E-state index in [1.54, 1.807) is 13.2 Å². The Kier molecular flexibility index (Phi) is 10.1. The quantitative estimate of drug-likeness (QED) is 0.434. The molecule has 1 aromatic heterocycles. The van der Waals surface area contributed by atoms with Crippen LogP contribution in [0.2, 0.25) is 5.15 Å². The summed E-state index contributed by atoms with van der Waals surface area (Å²) in [5.41, 5.74) is 0. The lowest BCUT2D eigenvalue weighted by Crippen LogP contribution is -2.13. The van der Waals surface area contributed by atoms with Crippen LogP contribution in [-0.4, -0.2) is 56.7 Å². The average molecular weight is 319 g/mol. The second-order valence-corrected chi connectivity index (χ2v) is 4.65. The molecule has 0 aliphatic heterocycles. The highest BCUT2D eigenvalue weighted by atomic mass is 35.5. The van der Waals surface area contributed by atoms with Crippen molar-refractivity contribution in [2.75, 3.05) is 46.8 Å². The summed E-state index contributed by atoms with van der Waals surface area (Å²) in [6, 6.07) is 1.61. The summed E-state index contributed by atoms with van der Waals surface area (Å²) in [7, 11) is 1.64. The standard InChI is InChI=1S/C14H23ClN2O4/c1-3-4-13-16-12(15)11-14(17-13)21-10-9-20-8-7-19-6-5-18-2/h11H,3-10H2,1-2H3. The van der Waals surface area contributed by atoms with E-state index in [9.17, 15) is 0 Å². The maximum atomic E-state index is 5.92. The Labute approximate surface area is 130 Å². The molecule has 21 heavy (non-hydrogen) atoms. The number of methoxy groups -OCH3 is 1. The first-order chi connectivity index (χ1) is 10.3. The fourth-order valence-electron chi connectivity index (χ4n) is 1.52. The van der Waals surface area contributed by atoms with E-state index in [-0.39, 0.29) is 0 Å². The normalized spacial score (nSPS) is 10.8. The van der Waals surface area contributed by atoms with Crippen molar-refractivity contribution in [2.24, 2.45) is 0 Å². The van der Waals surface area contributed by atoms with Crippen molar-refractivity contribution in [2.45, 2.75) is 19.8 Å². The zero-order valence-corrected chi connectivity index (χ0v) is 13.4. The fraction of sp³-hybridized carbons (Fsp3) is 0.714. The van der Waals surface area contributed by atoms with Gasteiger partial charge in [-0.2, -0.15) is 4.98 Å². The third-order valence-electron chi connectivity index (χ3n) is 2.47. The van der Waals surface area contributed by atoms with E-state index in [2.05, 4.69) is 16.9 Å². The van der Waals surface area contributed by atoms with E-state index in [1.165, 1.54) is 0 Å². The first-order valence-electron chi connectivity index (χ1n) is 7.07. The van der Waals surface area contributed by atoms with E-state index in [1.807, 2.05) is 0 Å². The largest absolute Gasteiger partial charge is 0.475 e. The molecule has 0 aromatic carbocycles. The monoisotopic (exact) mass is 318 g/mol. The zero-order chi connectivity index (χ0) is 15.3. The molecule has 0 atom stereocenters. The third kappa shape index (κ3) is 8.83. The Bertz CT molecular complexity index is 393. The van der Waals surface area contributed by atoms with Crippen LogP contribution in [0.5, 0.6) is 5.88 Å². The molecule has 0 spiro atoms. The van der Waals surface area contributed by atoms with Gasteiger partial charge in [-0.15, -0.1) is 0 Å². The molecule has 0 aliphatic carbocycles. The minimum absolute atomic E-state index is 0.399. The molecule has 0 saturated carbocycles. The van der Waals surface area contributed by atoms with E-state index in [4.69, 9.17) is 30.5 Å². The minimum atomic E-state index is 0.399. The lowest BCUT2D eigenvalue weighted by molar-refractivity contribution is 0.0176. The van der Waals surface area contributed by atoms with Gasteiger partial charge in [-0.05, 0) is 6.42 Å². The van der Waals surface area contributed by atoms with Gasteiger partial charge in [-0.1, -0.05) is 18.5 Å². The fourth-order valence-corrected chi connectivity index (χ4v) is 1.71. The second kappa shape index (κ2) is 11.7. The van der Waals surface area contributed by atoms with Gasteiger partial charge in [0, 0.05) is 19.6 Å². The van der Waals surface area contributed by atoms with Crippen molar-refractivity contribution in [1.29, 1.82) is 0 Å². The summed E-state index contributed by atoms with van der Waals surface area (Å²) in [6.45, 7) is 5.19. The van der Waals surface area contributed by atoms with Gasteiger partial charge in [0.2, 0.25) is 5.88 Å². The molecule has 0 aliphatic rings. The number of rotatable bonds is 12. The molecule has 0 fully saturated rings. The molecule has 6 nitrogen and oxygen atoms in total. The third-order valence-corrected chi connectivity index (χ3v) is 2.67. The number of halogens is 1. The molecule has 0 amide bonds. The Morgan fingerprint density at radius 2 is 1.67 bits per heavy atom. The Morgan fingerprint density at radius 1 is 1.00 bits per heavy atom. The lowest BCUT2D eigenvalue weighted by atomic mass is 10.3. The van der Waals surface area contributed by atoms with Gasteiger partial charge in [-0.3, -0.25) is 0 Å². The van der Waals surface area contributed by atoms with Crippen LogP contribution in [0.1, 0.15) is 19.2 Å². The first-order valence-corrected chi connectivity index (χ1v) is 7.44. The van der Waals surface area contributed by atoms with Crippen molar-refractivity contribution in [1.82, 2.24) is 9.97 Å². The van der Waals surface area contributed by atoms with Crippen LogP contribution in [0.25, 0.3) is 0 Å². The molecule has 1 rings (SSSR count). The van der Waals surface area contributed by atoms with Crippen LogP contribution in [0.15, 0.2) is 6.07 Å². The molecule has 0 bridgehead atoms. The molecule has 1 heterocycles. The van der Waals surface area contributed by atoms with Crippen molar-refractivity contribution in [3.05, 3.63) is 17.0 Å². The van der Waals surface area contributed by atoms with Gasteiger partial charge < -0.3 is 18.9 Å². The topological polar surface area (TPSA) is 62.7 Å². The van der Waals surface area contributed by atoms with Crippen LogP contribution in [0.3, 0.4) is 0 Å². The van der Waals surface area contributed by atoms with E-state index >= 15 is 0 Å². The van der Waals surface area contributed by atoms with Crippen molar-refractivity contribution in [3.63, 3.8) is 0 Å². The van der Waals surface area contributed by atoms with Gasteiger partial charge in [0.1, 0.15) is 17.6 Å². The summed E-state index contributed by atoms with van der Waals surface area (Å²) >= 11 is 5.92. The van der Waals surface area contributed by atoms with Crippen molar-refractivity contribution >= 4 is 11.6 Å². The number of aryl methyl sites for hydroxylation is 1. The molecule has 7 heteroatoms. The summed E-state index contributed by atoms with van der Waals surface area (Å²) in [5.74, 6) is 1.19. The first kappa shape index (κ1) is 18.1. The summed E-state index contributed by atoms with van der Waals surface area (Å²) in [4.78, 5) is 8.41. The highest BCUT2D eigenvalue weighted by molar-refractivity contribution is 6.29. The molecule has 1 aromatic rings. The smallest absolute Gasteiger partial charge is 0.218 e. The SMILES string of the molecule is CCCc1nc(Cl)cc(OCCOCCOCCOC)n1. The lowest BCUT2D eigenvalue weighted by Gasteiger charge is -2.08. The maximum absolute atomic E-state index is 5.92. The molecular formula is C14H23ClN2O4. The highest BCUT2D eigenvalue weighted by Crippen LogP contribution is 2.14. The minimum Gasteiger partial charge on any atom is -0.475 e. The molecule has 0 saturated heterocycles. The van der Waals surface area contributed by atoms with E-state index < -0.39 is 0 Å². The van der Waals surface area contributed by atoms with Crippen molar-refractivity contribution < 1.29 is 18.9 Å². The van der Waals surface area contributed by atoms with Gasteiger partial charge in [0.25, 0.3) is 0 Å². The van der Waals surface area contributed by atoms with Crippen LogP contribution in [0.4, 0.5) is 0 Å². The van der Waals surface area contributed by atoms with E-state index in [0.29, 0.717) is 56.5 Å². The van der Waals surface area contributed by atoms with Crippen LogP contribution >= 0.6 is 11.6 Å².